The van der Waals surface area contributed by atoms with Gasteiger partial charge in [-0.05, 0) is 13.0 Å². The molecule has 0 atom stereocenters. The first kappa shape index (κ1) is 10.8. The molecule has 6 nitrogen and oxygen atoms in total. The average Bonchev–Trinajstić information content (AvgIpc) is 2.77. The monoisotopic (exact) mass is 228 g/mol. The van der Waals surface area contributed by atoms with E-state index in [4.69, 9.17) is 10.4 Å². The van der Waals surface area contributed by atoms with Crippen LogP contribution in [0, 0.1) is 18.3 Å². The summed E-state index contributed by atoms with van der Waals surface area (Å²) in [5.74, 6) is -0.626. The number of carbonyl (C=O) groups is 1. The third kappa shape index (κ3) is 2.13. The van der Waals surface area contributed by atoms with Crippen LogP contribution >= 0.6 is 0 Å². The summed E-state index contributed by atoms with van der Waals surface area (Å²) in [6.07, 6.45) is 2.59. The number of pyridine rings is 1. The molecule has 17 heavy (non-hydrogen) atoms. The maximum absolute atomic E-state index is 10.7. The fraction of sp³-hybridized carbons (Fsp3) is 0.0909. The Labute approximate surface area is 96.8 Å². The molecule has 0 unspecified atom stereocenters. The molecule has 0 aliphatic carbocycles. The van der Waals surface area contributed by atoms with Crippen molar-refractivity contribution < 1.29 is 9.90 Å². The van der Waals surface area contributed by atoms with Crippen molar-refractivity contribution in [2.24, 2.45) is 0 Å². The summed E-state index contributed by atoms with van der Waals surface area (Å²) in [6, 6.07) is 5.20. The predicted octanol–water partition coefficient (Wildman–Crippen LogP) is 1.15. The third-order valence-electron chi connectivity index (χ3n) is 2.13. The molecule has 0 aliphatic heterocycles. The van der Waals surface area contributed by atoms with E-state index in [2.05, 4.69) is 10.1 Å². The normalized spacial score (nSPS) is 9.88. The average molecular weight is 228 g/mol. The Hall–Kier alpha value is -2.68. The van der Waals surface area contributed by atoms with E-state index in [-0.39, 0.29) is 5.56 Å². The second-order valence-corrected chi connectivity index (χ2v) is 3.45. The van der Waals surface area contributed by atoms with Crippen molar-refractivity contribution in [2.75, 3.05) is 0 Å². The smallest absolute Gasteiger partial charge is 0.338 e. The number of carboxylic acids is 1. The molecule has 0 amide bonds. The molecule has 0 radical (unpaired) electrons. The van der Waals surface area contributed by atoms with Gasteiger partial charge in [0.1, 0.15) is 0 Å². The summed E-state index contributed by atoms with van der Waals surface area (Å²) < 4.78 is 1.33. The number of rotatable bonds is 2. The van der Waals surface area contributed by atoms with Crippen molar-refractivity contribution >= 4 is 5.97 Å². The number of aromatic carboxylic acids is 1. The number of nitriles is 1. The van der Waals surface area contributed by atoms with E-state index < -0.39 is 5.97 Å². The maximum atomic E-state index is 10.7. The van der Waals surface area contributed by atoms with E-state index in [1.165, 1.54) is 17.1 Å². The van der Waals surface area contributed by atoms with Gasteiger partial charge in [-0.2, -0.15) is 10.4 Å². The van der Waals surface area contributed by atoms with Crippen molar-refractivity contribution in [3.63, 3.8) is 0 Å². The summed E-state index contributed by atoms with van der Waals surface area (Å²) in [6.45, 7) is 1.76. The molecule has 0 aromatic carbocycles. The lowest BCUT2D eigenvalue weighted by Gasteiger charge is -2.01. The molecule has 2 aromatic rings. The molecule has 2 rings (SSSR count). The molecular formula is C11H8N4O2. The Morgan fingerprint density at radius 1 is 1.53 bits per heavy atom. The van der Waals surface area contributed by atoms with Gasteiger partial charge in [-0.1, -0.05) is 0 Å². The highest BCUT2D eigenvalue weighted by molar-refractivity contribution is 5.86. The van der Waals surface area contributed by atoms with Gasteiger partial charge >= 0.3 is 5.97 Å². The van der Waals surface area contributed by atoms with Gasteiger partial charge in [-0.15, -0.1) is 0 Å². The summed E-state index contributed by atoms with van der Waals surface area (Å²) in [7, 11) is 0. The quantitative estimate of drug-likeness (QED) is 0.832. The molecular weight excluding hydrogens is 220 g/mol. The topological polar surface area (TPSA) is 91.8 Å². The summed E-state index contributed by atoms with van der Waals surface area (Å²) >= 11 is 0. The maximum Gasteiger partial charge on any atom is 0.338 e. The fourth-order valence-electron chi connectivity index (χ4n) is 1.39. The number of hydrogen-bond acceptors (Lipinski definition) is 4. The first-order valence-electron chi connectivity index (χ1n) is 4.77. The van der Waals surface area contributed by atoms with Crippen LogP contribution in [0.1, 0.15) is 21.6 Å². The van der Waals surface area contributed by atoms with E-state index >= 15 is 0 Å². The highest BCUT2D eigenvalue weighted by Gasteiger charge is 2.08. The molecule has 2 aromatic heterocycles. The summed E-state index contributed by atoms with van der Waals surface area (Å²) in [5.41, 5.74) is 1.21. The van der Waals surface area contributed by atoms with Gasteiger partial charge in [0.05, 0.1) is 23.4 Å². The molecule has 84 valence electrons. The van der Waals surface area contributed by atoms with E-state index in [0.29, 0.717) is 17.1 Å². The standard InChI is InChI=1S/C11H8N4O2/c1-7-2-8(4-12)3-10(14-7)15-6-9(5-13-15)11(16)17/h2-3,5-6H,1H3,(H,16,17). The molecule has 0 bridgehead atoms. The molecule has 0 spiro atoms. The first-order chi connectivity index (χ1) is 8.10. The lowest BCUT2D eigenvalue weighted by molar-refractivity contribution is 0.0697. The number of hydrogen-bond donors (Lipinski definition) is 1. The highest BCUT2D eigenvalue weighted by Crippen LogP contribution is 2.10. The second kappa shape index (κ2) is 4.06. The van der Waals surface area contributed by atoms with Crippen molar-refractivity contribution in [3.8, 4) is 11.9 Å². The zero-order chi connectivity index (χ0) is 12.4. The van der Waals surface area contributed by atoms with Crippen LogP contribution in [-0.4, -0.2) is 25.8 Å². The van der Waals surface area contributed by atoms with Crippen LogP contribution in [0.3, 0.4) is 0 Å². The minimum atomic E-state index is -1.05. The molecule has 0 saturated carbocycles. The van der Waals surface area contributed by atoms with Crippen molar-refractivity contribution in [3.05, 3.63) is 41.3 Å². The molecule has 0 fully saturated rings. The van der Waals surface area contributed by atoms with Crippen molar-refractivity contribution in [1.82, 2.24) is 14.8 Å². The Morgan fingerprint density at radius 2 is 2.29 bits per heavy atom. The van der Waals surface area contributed by atoms with Crippen LogP contribution in [0.4, 0.5) is 0 Å². The van der Waals surface area contributed by atoms with Crippen LogP contribution in [0.2, 0.25) is 0 Å². The number of aromatic nitrogens is 3. The molecule has 0 aliphatic rings. The highest BCUT2D eigenvalue weighted by atomic mass is 16.4. The number of carboxylic acid groups (broad SMARTS) is 1. The van der Waals surface area contributed by atoms with Crippen LogP contribution in [0.5, 0.6) is 0 Å². The Balaban J connectivity index is 2.49. The zero-order valence-corrected chi connectivity index (χ0v) is 8.95. The predicted molar refractivity (Wildman–Crippen MR) is 57.8 cm³/mol. The largest absolute Gasteiger partial charge is 0.478 e. The minimum Gasteiger partial charge on any atom is -0.478 e. The van der Waals surface area contributed by atoms with Gasteiger partial charge in [0.15, 0.2) is 5.82 Å². The number of aryl methyl sites for hydroxylation is 1. The minimum absolute atomic E-state index is 0.0758. The molecule has 0 saturated heterocycles. The zero-order valence-electron chi connectivity index (χ0n) is 8.95. The lowest BCUT2D eigenvalue weighted by Crippen LogP contribution is -2.00. The van der Waals surface area contributed by atoms with Gasteiger partial charge in [0.2, 0.25) is 0 Å². The van der Waals surface area contributed by atoms with Gasteiger partial charge < -0.3 is 5.11 Å². The lowest BCUT2D eigenvalue weighted by atomic mass is 10.2. The van der Waals surface area contributed by atoms with Crippen LogP contribution in [-0.2, 0) is 0 Å². The van der Waals surface area contributed by atoms with Crippen molar-refractivity contribution in [2.45, 2.75) is 6.92 Å². The molecule has 2 heterocycles. The van der Waals surface area contributed by atoms with Crippen LogP contribution in [0.15, 0.2) is 24.5 Å². The first-order valence-corrected chi connectivity index (χ1v) is 4.77. The van der Waals surface area contributed by atoms with Gasteiger partial charge in [-0.25, -0.2) is 14.5 Å². The Bertz CT molecular complexity index is 625. The van der Waals surface area contributed by atoms with E-state index in [0.717, 1.165) is 0 Å². The van der Waals surface area contributed by atoms with Crippen LogP contribution in [0.25, 0.3) is 5.82 Å². The van der Waals surface area contributed by atoms with Gasteiger partial charge in [0.25, 0.3) is 0 Å². The van der Waals surface area contributed by atoms with E-state index in [1.54, 1.807) is 19.1 Å². The van der Waals surface area contributed by atoms with Crippen molar-refractivity contribution in [1.29, 1.82) is 5.26 Å². The van der Waals surface area contributed by atoms with Gasteiger partial charge in [0, 0.05) is 18.0 Å². The van der Waals surface area contributed by atoms with Crippen LogP contribution < -0.4 is 0 Å². The third-order valence-corrected chi connectivity index (χ3v) is 2.13. The van der Waals surface area contributed by atoms with E-state index in [1.807, 2.05) is 6.07 Å². The van der Waals surface area contributed by atoms with Gasteiger partial charge in [-0.3, -0.25) is 0 Å². The SMILES string of the molecule is Cc1cc(C#N)cc(-n2cc(C(=O)O)cn2)n1. The summed E-state index contributed by atoms with van der Waals surface area (Å²) in [5, 5.41) is 21.5. The Morgan fingerprint density at radius 3 is 2.88 bits per heavy atom. The molecule has 1 N–H and O–H groups in total. The Kier molecular flexibility index (Phi) is 2.58. The summed E-state index contributed by atoms with van der Waals surface area (Å²) in [4.78, 5) is 14.9. The molecule has 6 heteroatoms. The fourth-order valence-corrected chi connectivity index (χ4v) is 1.39. The second-order valence-electron chi connectivity index (χ2n) is 3.45. The van der Waals surface area contributed by atoms with E-state index in [9.17, 15) is 4.79 Å². The number of nitrogens with zero attached hydrogens (tertiary/aromatic N) is 4.